The van der Waals surface area contributed by atoms with Crippen molar-refractivity contribution in [2.45, 2.75) is 103 Å². The fourth-order valence-corrected chi connectivity index (χ4v) is 19.2. The second kappa shape index (κ2) is 17.3. The first-order valence-electron chi connectivity index (χ1n) is 20.4. The van der Waals surface area contributed by atoms with Crippen molar-refractivity contribution < 1.29 is 9.16 Å². The molecule has 2 atom stereocenters. The van der Waals surface area contributed by atoms with Gasteiger partial charge in [-0.2, -0.15) is 4.98 Å². The molecule has 1 saturated carbocycles. The van der Waals surface area contributed by atoms with Crippen LogP contribution >= 0.6 is 0 Å². The van der Waals surface area contributed by atoms with Crippen molar-refractivity contribution in [3.8, 4) is 17.2 Å². The van der Waals surface area contributed by atoms with Gasteiger partial charge in [-0.15, -0.1) is 5.54 Å². The van der Waals surface area contributed by atoms with Crippen molar-refractivity contribution in [3.05, 3.63) is 113 Å². The van der Waals surface area contributed by atoms with Gasteiger partial charge in [0.15, 0.2) is 0 Å². The molecule has 9 heteroatoms. The molecule has 3 aromatic carbocycles. The number of nitrogens with zero attached hydrogens (tertiary/aromatic N) is 2. The molecule has 2 N–H and O–H groups in total. The summed E-state index contributed by atoms with van der Waals surface area (Å²) >= 11 is 0. The Hall–Kier alpha value is -4.50. The number of aromatic nitrogens is 3. The molecule has 0 unspecified atom stereocenters. The van der Waals surface area contributed by atoms with E-state index in [1.165, 1.54) is 10.4 Å². The minimum Gasteiger partial charge on any atom is -0.493 e. The van der Waals surface area contributed by atoms with Gasteiger partial charge in [0, 0.05) is 36.2 Å². The summed E-state index contributed by atoms with van der Waals surface area (Å²) in [7, 11) is -4.55. The second-order valence-electron chi connectivity index (χ2n) is 17.6. The van der Waals surface area contributed by atoms with Gasteiger partial charge in [-0.1, -0.05) is 135 Å². The number of H-pyrrole nitrogens is 1. The molecule has 294 valence electrons. The van der Waals surface area contributed by atoms with Crippen molar-refractivity contribution in [2.75, 3.05) is 18.5 Å². The summed E-state index contributed by atoms with van der Waals surface area (Å²) < 4.78 is 13.7. The maximum absolute atomic E-state index is 12.8. The van der Waals surface area contributed by atoms with E-state index in [1.807, 2.05) is 24.3 Å². The third kappa shape index (κ3) is 8.73. The predicted molar refractivity (Wildman–Crippen MR) is 238 cm³/mol. The van der Waals surface area contributed by atoms with Gasteiger partial charge in [0.05, 0.1) is 12.0 Å². The predicted octanol–water partition coefficient (Wildman–Crippen LogP) is 10.0. The number of nitrogens with one attached hydrogen (secondary N) is 2. The summed E-state index contributed by atoms with van der Waals surface area (Å²) in [4.78, 5) is 25.0. The SMILES string of the molecule is CC(C)[Si](C#Cc1cc(=O)[nH]c2nc(Nc3cccc(OC[C@H]4CC[C@@H](CO[Si](c5ccccc5)(c5ccccc5)C(C)(C)C)C4)c3)ncc12)(C(C)C)C(C)C. The lowest BCUT2D eigenvalue weighted by molar-refractivity contribution is 0.217. The Balaban J connectivity index is 1.11. The Kier molecular flexibility index (Phi) is 12.7. The first kappa shape index (κ1) is 41.1. The molecule has 5 aromatic rings. The van der Waals surface area contributed by atoms with Crippen LogP contribution in [0.1, 0.15) is 87.1 Å². The summed E-state index contributed by atoms with van der Waals surface area (Å²) in [5.74, 6) is 5.58. The van der Waals surface area contributed by atoms with Gasteiger partial charge in [0.1, 0.15) is 19.5 Å². The van der Waals surface area contributed by atoms with Gasteiger partial charge in [-0.3, -0.25) is 4.79 Å². The molecular weight excluding hydrogens is 725 g/mol. The Labute approximate surface area is 336 Å². The normalized spacial score (nSPS) is 16.4. The van der Waals surface area contributed by atoms with Crippen LogP contribution in [0.5, 0.6) is 5.75 Å². The Morgan fingerprint density at radius 3 is 2.02 bits per heavy atom. The van der Waals surface area contributed by atoms with E-state index >= 15 is 0 Å². The summed E-state index contributed by atoms with van der Waals surface area (Å²) in [6.45, 7) is 22.2. The number of hydrogen-bond acceptors (Lipinski definition) is 6. The highest BCUT2D eigenvalue weighted by molar-refractivity contribution is 6.99. The van der Waals surface area contributed by atoms with Crippen LogP contribution < -0.4 is 26.0 Å². The first-order chi connectivity index (χ1) is 26.7. The molecule has 6 rings (SSSR count). The third-order valence-electron chi connectivity index (χ3n) is 12.1. The van der Waals surface area contributed by atoms with Gasteiger partial charge >= 0.3 is 0 Å². The lowest BCUT2D eigenvalue weighted by Gasteiger charge is -2.43. The van der Waals surface area contributed by atoms with Crippen LogP contribution in [0, 0.1) is 23.3 Å². The van der Waals surface area contributed by atoms with Crippen LogP contribution in [0.2, 0.25) is 21.7 Å². The van der Waals surface area contributed by atoms with Gasteiger partial charge in [0.25, 0.3) is 13.9 Å². The number of pyridine rings is 1. The van der Waals surface area contributed by atoms with E-state index in [-0.39, 0.29) is 10.6 Å². The van der Waals surface area contributed by atoms with E-state index in [4.69, 9.17) is 14.1 Å². The smallest absolute Gasteiger partial charge is 0.261 e. The fraction of sp³-hybridized carbons (Fsp3) is 0.426. The molecule has 7 nitrogen and oxygen atoms in total. The minimum atomic E-state index is -2.56. The molecule has 0 bridgehead atoms. The van der Waals surface area contributed by atoms with Crippen LogP contribution in [-0.4, -0.2) is 44.6 Å². The number of aromatic amines is 1. The number of fused-ring (bicyclic) bond motifs is 1. The molecule has 1 aliphatic carbocycles. The van der Waals surface area contributed by atoms with E-state index in [9.17, 15) is 4.79 Å². The first-order valence-corrected chi connectivity index (χ1v) is 24.5. The van der Waals surface area contributed by atoms with E-state index < -0.39 is 16.4 Å². The Morgan fingerprint density at radius 2 is 1.43 bits per heavy atom. The molecule has 0 spiro atoms. The van der Waals surface area contributed by atoms with Gasteiger partial charge < -0.3 is 19.5 Å². The van der Waals surface area contributed by atoms with Crippen molar-refractivity contribution in [2.24, 2.45) is 11.8 Å². The molecule has 56 heavy (non-hydrogen) atoms. The number of anilines is 2. The molecule has 2 aromatic heterocycles. The molecular formula is C47H60N4O3Si2. The zero-order chi connectivity index (χ0) is 40.1. The quantitative estimate of drug-likeness (QED) is 0.0913. The molecule has 0 amide bonds. The zero-order valence-electron chi connectivity index (χ0n) is 34.8. The van der Waals surface area contributed by atoms with Crippen molar-refractivity contribution >= 4 is 49.4 Å². The van der Waals surface area contributed by atoms with Crippen molar-refractivity contribution in [3.63, 3.8) is 0 Å². The highest BCUT2D eigenvalue weighted by Gasteiger charge is 2.50. The standard InChI is InChI=1S/C47H60N4O3Si2/c1-33(2)55(34(3)4,35(5)6)26-25-38-28-44(52)50-45-43(38)30-48-46(51-45)49-39-17-16-18-40(29-39)53-31-36-23-24-37(27-36)32-54-56(47(7,8)9,41-19-12-10-13-20-41)42-21-14-11-15-22-42/h10-22,28-30,33-37H,23-24,27,31-32H2,1-9H3,(H2,48,49,50,51,52)/t36-,37+/m0/s1. The molecule has 0 saturated heterocycles. The Bertz CT molecular complexity index is 2140. The zero-order valence-corrected chi connectivity index (χ0v) is 36.8. The van der Waals surface area contributed by atoms with E-state index in [1.54, 1.807) is 12.3 Å². The average Bonchev–Trinajstić information content (AvgIpc) is 3.62. The molecule has 2 heterocycles. The van der Waals surface area contributed by atoms with Crippen LogP contribution in [0.4, 0.5) is 11.6 Å². The fourth-order valence-electron chi connectivity index (χ4n) is 9.30. The van der Waals surface area contributed by atoms with E-state index in [2.05, 4.69) is 150 Å². The Morgan fingerprint density at radius 1 is 0.821 bits per heavy atom. The van der Waals surface area contributed by atoms with Crippen LogP contribution in [-0.2, 0) is 4.43 Å². The van der Waals surface area contributed by atoms with Crippen molar-refractivity contribution in [1.82, 2.24) is 15.0 Å². The van der Waals surface area contributed by atoms with Gasteiger partial charge in [-0.25, -0.2) is 4.98 Å². The third-order valence-corrected chi connectivity index (χ3v) is 23.3. The number of ether oxygens (including phenoxy) is 1. The number of benzene rings is 3. The average molecular weight is 785 g/mol. The summed E-state index contributed by atoms with van der Waals surface area (Å²) in [5.41, 5.74) is 6.94. The molecule has 1 aliphatic rings. The van der Waals surface area contributed by atoms with E-state index in [0.717, 1.165) is 42.7 Å². The lowest BCUT2D eigenvalue weighted by Crippen LogP contribution is -2.66. The van der Waals surface area contributed by atoms with Gasteiger partial charge in [0.2, 0.25) is 5.95 Å². The van der Waals surface area contributed by atoms with Crippen LogP contribution in [0.3, 0.4) is 0 Å². The monoisotopic (exact) mass is 784 g/mol. The number of rotatable bonds is 13. The highest BCUT2D eigenvalue weighted by atomic mass is 28.4. The summed E-state index contributed by atoms with van der Waals surface area (Å²) in [6, 6.07) is 31.3. The van der Waals surface area contributed by atoms with Crippen molar-refractivity contribution in [1.29, 1.82) is 0 Å². The second-order valence-corrected chi connectivity index (χ2v) is 27.5. The topological polar surface area (TPSA) is 89.1 Å². The minimum absolute atomic E-state index is 0.0361. The molecule has 0 aliphatic heterocycles. The van der Waals surface area contributed by atoms with Crippen LogP contribution in [0.15, 0.2) is 102 Å². The number of hydrogen-bond donors (Lipinski definition) is 2. The van der Waals surface area contributed by atoms with Gasteiger partial charge in [-0.05, 0) is 75.3 Å². The summed E-state index contributed by atoms with van der Waals surface area (Å²) in [6.07, 6.45) is 5.10. The maximum Gasteiger partial charge on any atom is 0.261 e. The largest absolute Gasteiger partial charge is 0.493 e. The van der Waals surface area contributed by atoms with E-state index in [0.29, 0.717) is 52.2 Å². The van der Waals surface area contributed by atoms with Crippen LogP contribution in [0.25, 0.3) is 11.0 Å². The summed E-state index contributed by atoms with van der Waals surface area (Å²) in [5, 5.41) is 6.67. The maximum atomic E-state index is 12.8. The molecule has 1 fully saturated rings. The molecule has 0 radical (unpaired) electrons. The highest BCUT2D eigenvalue weighted by Crippen LogP contribution is 2.41. The lowest BCUT2D eigenvalue weighted by atomic mass is 10.1.